The summed E-state index contributed by atoms with van der Waals surface area (Å²) in [5.74, 6) is 1.74. The minimum atomic E-state index is 0.149. The van der Waals surface area contributed by atoms with E-state index in [2.05, 4.69) is 27.0 Å². The van der Waals surface area contributed by atoms with Crippen molar-refractivity contribution < 1.29 is 9.15 Å². The van der Waals surface area contributed by atoms with Gasteiger partial charge >= 0.3 is 0 Å². The van der Waals surface area contributed by atoms with Crippen LogP contribution in [0.15, 0.2) is 20.5 Å². The molecule has 3 rings (SSSR count). The Morgan fingerprint density at radius 1 is 1.60 bits per heavy atom. The first-order chi connectivity index (χ1) is 7.24. The van der Waals surface area contributed by atoms with E-state index in [9.17, 15) is 0 Å². The molecular formula is C10H8BrNO2S. The highest BCUT2D eigenvalue weighted by Gasteiger charge is 2.31. The quantitative estimate of drug-likeness (QED) is 0.806. The fourth-order valence-electron chi connectivity index (χ4n) is 1.70. The number of halogens is 1. The number of thiophene rings is 1. The topological polar surface area (TPSA) is 35.3 Å². The van der Waals surface area contributed by atoms with E-state index in [4.69, 9.17) is 9.15 Å². The number of nitrogens with zero attached hydrogens (tertiary/aromatic N) is 1. The molecule has 15 heavy (non-hydrogen) atoms. The molecule has 78 valence electrons. The summed E-state index contributed by atoms with van der Waals surface area (Å²) in [6.07, 6.45) is 1.74. The van der Waals surface area contributed by atoms with Crippen LogP contribution in [-0.2, 0) is 0 Å². The Kier molecular flexibility index (Phi) is 2.10. The smallest absolute Gasteiger partial charge is 0.205 e. The van der Waals surface area contributed by atoms with Gasteiger partial charge in [-0.2, -0.15) is 0 Å². The standard InChI is InChI=1S/C10H8BrNO2S/c1-5-3-12-9(14-5)7-4-13-10-6(7)2-8(11)15-10/h2-3,7H,4H2,1H3. The Hall–Kier alpha value is -0.810. The van der Waals surface area contributed by atoms with Crippen molar-refractivity contribution in [1.82, 2.24) is 4.98 Å². The van der Waals surface area contributed by atoms with Gasteiger partial charge in [-0.1, -0.05) is 11.3 Å². The molecule has 0 N–H and O–H groups in total. The van der Waals surface area contributed by atoms with Crippen molar-refractivity contribution in [3.05, 3.63) is 33.3 Å². The molecule has 1 unspecified atom stereocenters. The van der Waals surface area contributed by atoms with E-state index in [-0.39, 0.29) is 5.92 Å². The summed E-state index contributed by atoms with van der Waals surface area (Å²) >= 11 is 5.06. The minimum absolute atomic E-state index is 0.149. The largest absolute Gasteiger partial charge is 0.482 e. The van der Waals surface area contributed by atoms with Crippen LogP contribution in [0.25, 0.3) is 0 Å². The zero-order valence-electron chi connectivity index (χ0n) is 7.99. The predicted molar refractivity (Wildman–Crippen MR) is 60.6 cm³/mol. The van der Waals surface area contributed by atoms with Crippen LogP contribution in [0.5, 0.6) is 5.06 Å². The molecule has 1 aliphatic heterocycles. The van der Waals surface area contributed by atoms with Crippen LogP contribution >= 0.6 is 27.3 Å². The maximum absolute atomic E-state index is 5.58. The van der Waals surface area contributed by atoms with Crippen LogP contribution in [0, 0.1) is 6.92 Å². The molecule has 3 nitrogen and oxygen atoms in total. The van der Waals surface area contributed by atoms with Crippen LogP contribution in [0.1, 0.15) is 23.1 Å². The second-order valence-electron chi connectivity index (χ2n) is 3.47. The van der Waals surface area contributed by atoms with E-state index < -0.39 is 0 Å². The second-order valence-corrected chi connectivity index (χ2v) is 5.86. The SMILES string of the molecule is Cc1cnc(C2COc3sc(Br)cc32)o1. The van der Waals surface area contributed by atoms with Crippen molar-refractivity contribution in [1.29, 1.82) is 0 Å². The van der Waals surface area contributed by atoms with Gasteiger partial charge in [-0.3, -0.25) is 0 Å². The normalized spacial score (nSPS) is 18.9. The van der Waals surface area contributed by atoms with Crippen LogP contribution in [0.3, 0.4) is 0 Å². The Morgan fingerprint density at radius 2 is 2.47 bits per heavy atom. The molecule has 3 heterocycles. The van der Waals surface area contributed by atoms with Crippen molar-refractivity contribution in [2.24, 2.45) is 0 Å². The van der Waals surface area contributed by atoms with Gasteiger partial charge < -0.3 is 9.15 Å². The Morgan fingerprint density at radius 3 is 3.20 bits per heavy atom. The number of aryl methyl sites for hydroxylation is 1. The van der Waals surface area contributed by atoms with E-state index in [1.54, 1.807) is 17.5 Å². The lowest BCUT2D eigenvalue weighted by molar-refractivity contribution is 0.328. The van der Waals surface area contributed by atoms with Gasteiger partial charge in [0.25, 0.3) is 0 Å². The lowest BCUT2D eigenvalue weighted by Crippen LogP contribution is -2.02. The average molecular weight is 286 g/mol. The van der Waals surface area contributed by atoms with E-state index in [1.165, 1.54) is 5.56 Å². The fourth-order valence-corrected chi connectivity index (χ4v) is 3.20. The molecule has 0 aliphatic carbocycles. The van der Waals surface area contributed by atoms with Gasteiger partial charge in [0.15, 0.2) is 5.06 Å². The Balaban J connectivity index is 2.02. The monoisotopic (exact) mass is 285 g/mol. The fraction of sp³-hybridized carbons (Fsp3) is 0.300. The van der Waals surface area contributed by atoms with Gasteiger partial charge in [-0.25, -0.2) is 4.98 Å². The highest BCUT2D eigenvalue weighted by atomic mass is 79.9. The van der Waals surface area contributed by atoms with Gasteiger partial charge in [0.1, 0.15) is 12.4 Å². The van der Waals surface area contributed by atoms with Crippen LogP contribution in [-0.4, -0.2) is 11.6 Å². The summed E-state index contributed by atoms with van der Waals surface area (Å²) in [6, 6.07) is 2.08. The predicted octanol–water partition coefficient (Wildman–Crippen LogP) is 3.33. The maximum atomic E-state index is 5.58. The van der Waals surface area contributed by atoms with Gasteiger partial charge in [0.05, 0.1) is 15.9 Å². The van der Waals surface area contributed by atoms with Gasteiger partial charge in [0.2, 0.25) is 5.89 Å². The molecule has 0 amide bonds. The number of ether oxygens (including phenoxy) is 1. The number of fused-ring (bicyclic) bond motifs is 1. The van der Waals surface area contributed by atoms with Crippen molar-refractivity contribution in [3.8, 4) is 5.06 Å². The molecule has 0 saturated carbocycles. The van der Waals surface area contributed by atoms with Crippen molar-refractivity contribution in [3.63, 3.8) is 0 Å². The number of hydrogen-bond donors (Lipinski definition) is 0. The number of oxazole rings is 1. The zero-order chi connectivity index (χ0) is 10.4. The van der Waals surface area contributed by atoms with E-state index in [0.717, 1.165) is 20.5 Å². The highest BCUT2D eigenvalue weighted by molar-refractivity contribution is 9.11. The molecule has 0 spiro atoms. The minimum Gasteiger partial charge on any atom is -0.482 e. The van der Waals surface area contributed by atoms with Crippen LogP contribution in [0.4, 0.5) is 0 Å². The van der Waals surface area contributed by atoms with Crippen LogP contribution in [0.2, 0.25) is 0 Å². The van der Waals surface area contributed by atoms with E-state index in [0.29, 0.717) is 6.61 Å². The van der Waals surface area contributed by atoms with Gasteiger partial charge in [-0.05, 0) is 28.9 Å². The lowest BCUT2D eigenvalue weighted by atomic mass is 10.1. The highest BCUT2D eigenvalue weighted by Crippen LogP contribution is 2.45. The summed E-state index contributed by atoms with van der Waals surface area (Å²) < 4.78 is 12.2. The molecule has 0 saturated heterocycles. The lowest BCUT2D eigenvalue weighted by Gasteiger charge is -2.01. The number of aromatic nitrogens is 1. The third kappa shape index (κ3) is 1.50. The number of rotatable bonds is 1. The Bertz CT molecular complexity index is 505. The molecule has 1 atom stereocenters. The average Bonchev–Trinajstić information content (AvgIpc) is 2.80. The molecule has 1 aliphatic rings. The van der Waals surface area contributed by atoms with Gasteiger partial charge in [0, 0.05) is 5.56 Å². The number of hydrogen-bond acceptors (Lipinski definition) is 4. The first kappa shape index (κ1) is 9.42. The molecule has 0 bridgehead atoms. The van der Waals surface area contributed by atoms with Crippen molar-refractivity contribution in [2.75, 3.05) is 6.61 Å². The van der Waals surface area contributed by atoms with E-state index >= 15 is 0 Å². The molecule has 2 aromatic rings. The molecule has 0 aromatic carbocycles. The third-order valence-electron chi connectivity index (χ3n) is 2.39. The summed E-state index contributed by atoms with van der Waals surface area (Å²) in [4.78, 5) is 4.25. The van der Waals surface area contributed by atoms with Crippen LogP contribution < -0.4 is 4.74 Å². The summed E-state index contributed by atoms with van der Waals surface area (Å²) in [5.41, 5.74) is 1.17. The molecular weight excluding hydrogens is 278 g/mol. The summed E-state index contributed by atoms with van der Waals surface area (Å²) in [6.45, 7) is 2.53. The molecule has 0 radical (unpaired) electrons. The summed E-state index contributed by atoms with van der Waals surface area (Å²) in [7, 11) is 0. The third-order valence-corrected chi connectivity index (χ3v) is 3.95. The second kappa shape index (κ2) is 3.35. The maximum Gasteiger partial charge on any atom is 0.205 e. The van der Waals surface area contributed by atoms with Crippen molar-refractivity contribution in [2.45, 2.75) is 12.8 Å². The van der Waals surface area contributed by atoms with Crippen molar-refractivity contribution >= 4 is 27.3 Å². The van der Waals surface area contributed by atoms with Gasteiger partial charge in [-0.15, -0.1) is 0 Å². The Labute approximate surface area is 99.2 Å². The zero-order valence-corrected chi connectivity index (χ0v) is 10.4. The molecule has 5 heteroatoms. The molecule has 0 fully saturated rings. The summed E-state index contributed by atoms with van der Waals surface area (Å²) in [5, 5.41) is 0.975. The van der Waals surface area contributed by atoms with E-state index in [1.807, 2.05) is 6.92 Å². The first-order valence-electron chi connectivity index (χ1n) is 4.58. The molecule has 2 aromatic heterocycles. The first-order valence-corrected chi connectivity index (χ1v) is 6.19.